The average molecular weight is 353 g/mol. The van der Waals surface area contributed by atoms with Crippen LogP contribution in [0.4, 0.5) is 5.69 Å². The minimum atomic E-state index is -0.834. The van der Waals surface area contributed by atoms with Gasteiger partial charge in [-0.15, -0.1) is 0 Å². The van der Waals surface area contributed by atoms with E-state index in [0.29, 0.717) is 17.7 Å². The van der Waals surface area contributed by atoms with Crippen molar-refractivity contribution in [2.75, 3.05) is 4.90 Å². The summed E-state index contributed by atoms with van der Waals surface area (Å²) >= 11 is 5.13. The minimum absolute atomic E-state index is 0.316. The molecular formula is C17H15N5O2S. The molecule has 0 saturated carbocycles. The van der Waals surface area contributed by atoms with E-state index in [1.54, 1.807) is 4.68 Å². The van der Waals surface area contributed by atoms with Crippen molar-refractivity contribution >= 4 is 23.9 Å². The first-order valence-electron chi connectivity index (χ1n) is 7.80. The number of carboxylic acid groups (broad SMARTS) is 1. The third kappa shape index (κ3) is 2.80. The van der Waals surface area contributed by atoms with Gasteiger partial charge in [0.15, 0.2) is 0 Å². The fourth-order valence-corrected chi connectivity index (χ4v) is 3.38. The summed E-state index contributed by atoms with van der Waals surface area (Å²) in [5.74, 6) is -0.834. The lowest BCUT2D eigenvalue weighted by Gasteiger charge is -2.36. The smallest absolute Gasteiger partial charge is 0.326 e. The van der Waals surface area contributed by atoms with Crippen LogP contribution in [0.15, 0.2) is 48.5 Å². The van der Waals surface area contributed by atoms with Crippen LogP contribution in [0, 0.1) is 4.77 Å². The van der Waals surface area contributed by atoms with E-state index in [2.05, 4.69) is 15.5 Å². The average Bonchev–Trinajstić information content (AvgIpc) is 3.06. The first-order chi connectivity index (χ1) is 12.1. The molecule has 0 spiro atoms. The Morgan fingerprint density at radius 2 is 1.92 bits per heavy atom. The lowest BCUT2D eigenvalue weighted by Crippen LogP contribution is -2.45. The molecule has 1 unspecified atom stereocenters. The van der Waals surface area contributed by atoms with Crippen LogP contribution in [-0.2, 0) is 17.8 Å². The molecule has 1 atom stereocenters. The van der Waals surface area contributed by atoms with Crippen molar-refractivity contribution in [3.63, 3.8) is 0 Å². The Morgan fingerprint density at radius 1 is 1.16 bits per heavy atom. The second-order valence-electron chi connectivity index (χ2n) is 5.89. The van der Waals surface area contributed by atoms with E-state index in [-0.39, 0.29) is 0 Å². The van der Waals surface area contributed by atoms with Gasteiger partial charge in [-0.3, -0.25) is 0 Å². The highest BCUT2D eigenvalue weighted by atomic mass is 32.1. The van der Waals surface area contributed by atoms with Crippen molar-refractivity contribution in [1.29, 1.82) is 0 Å². The predicted octanol–water partition coefficient (Wildman–Crippen LogP) is 2.34. The number of aromatic nitrogens is 4. The van der Waals surface area contributed by atoms with Crippen LogP contribution >= 0.6 is 12.2 Å². The Balaban J connectivity index is 1.76. The number of nitrogens with zero attached hydrogens (tertiary/aromatic N) is 4. The van der Waals surface area contributed by atoms with Gasteiger partial charge in [0.1, 0.15) is 6.04 Å². The normalized spacial score (nSPS) is 16.5. The molecule has 2 N–H and O–H groups in total. The van der Waals surface area contributed by atoms with Crippen molar-refractivity contribution in [2.45, 2.75) is 19.0 Å². The maximum atomic E-state index is 11.8. The number of carboxylic acids is 1. The second kappa shape index (κ2) is 6.14. The lowest BCUT2D eigenvalue weighted by atomic mass is 9.93. The molecule has 25 heavy (non-hydrogen) atoms. The fourth-order valence-electron chi connectivity index (χ4n) is 3.19. The predicted molar refractivity (Wildman–Crippen MR) is 94.3 cm³/mol. The van der Waals surface area contributed by atoms with E-state index < -0.39 is 12.0 Å². The first kappa shape index (κ1) is 15.5. The molecule has 0 aliphatic carbocycles. The number of aliphatic carboxylic acids is 1. The van der Waals surface area contributed by atoms with Crippen LogP contribution < -0.4 is 4.90 Å². The monoisotopic (exact) mass is 353 g/mol. The van der Waals surface area contributed by atoms with E-state index in [4.69, 9.17) is 12.2 Å². The van der Waals surface area contributed by atoms with Gasteiger partial charge >= 0.3 is 5.97 Å². The number of anilines is 1. The zero-order valence-corrected chi connectivity index (χ0v) is 14.0. The highest BCUT2D eigenvalue weighted by Gasteiger charge is 2.31. The van der Waals surface area contributed by atoms with Crippen LogP contribution in [0.5, 0.6) is 0 Å². The molecule has 2 heterocycles. The molecule has 8 heteroatoms. The van der Waals surface area contributed by atoms with Crippen molar-refractivity contribution in [1.82, 2.24) is 20.2 Å². The summed E-state index contributed by atoms with van der Waals surface area (Å²) in [5.41, 5.74) is 3.80. The van der Waals surface area contributed by atoms with Gasteiger partial charge in [0, 0.05) is 18.7 Å². The summed E-state index contributed by atoms with van der Waals surface area (Å²) < 4.78 is 1.89. The van der Waals surface area contributed by atoms with Crippen LogP contribution in [0.25, 0.3) is 5.69 Å². The quantitative estimate of drug-likeness (QED) is 0.703. The van der Waals surface area contributed by atoms with Gasteiger partial charge in [-0.25, -0.2) is 9.48 Å². The van der Waals surface area contributed by atoms with E-state index in [1.165, 1.54) is 0 Å². The van der Waals surface area contributed by atoms with Gasteiger partial charge in [0.05, 0.1) is 5.69 Å². The summed E-state index contributed by atoms with van der Waals surface area (Å²) in [6.07, 6.45) is 0.473. The maximum absolute atomic E-state index is 11.8. The molecule has 1 aliphatic heterocycles. The molecule has 4 rings (SSSR count). The van der Waals surface area contributed by atoms with E-state index in [9.17, 15) is 9.90 Å². The molecule has 0 amide bonds. The molecule has 1 aromatic heterocycles. The van der Waals surface area contributed by atoms with Crippen LogP contribution in [0.3, 0.4) is 0 Å². The fraction of sp³-hybridized carbons (Fsp3) is 0.176. The zero-order chi connectivity index (χ0) is 17.4. The standard InChI is InChI=1S/C17H15N5O2S/c23-16(24)15-8-11-4-1-2-5-12(11)10-21(15)13-6-3-7-14(9-13)22-17(25)18-19-20-22/h1-7,9,15H,8,10H2,(H,23,24)(H,18,20,25). The van der Waals surface area contributed by atoms with E-state index in [1.807, 2.05) is 53.4 Å². The Hall–Kier alpha value is -3.00. The molecule has 1 aliphatic rings. The molecule has 0 fully saturated rings. The van der Waals surface area contributed by atoms with Gasteiger partial charge in [0.2, 0.25) is 4.77 Å². The van der Waals surface area contributed by atoms with Crippen LogP contribution in [-0.4, -0.2) is 37.3 Å². The largest absolute Gasteiger partial charge is 0.480 e. The number of tetrazole rings is 1. The maximum Gasteiger partial charge on any atom is 0.326 e. The van der Waals surface area contributed by atoms with Gasteiger partial charge < -0.3 is 10.0 Å². The van der Waals surface area contributed by atoms with Gasteiger partial charge in [0.25, 0.3) is 0 Å². The van der Waals surface area contributed by atoms with Crippen molar-refractivity contribution < 1.29 is 9.90 Å². The third-order valence-electron chi connectivity index (χ3n) is 4.42. The summed E-state index contributed by atoms with van der Waals surface area (Å²) in [6.45, 7) is 0.545. The molecule has 0 saturated heterocycles. The summed E-state index contributed by atoms with van der Waals surface area (Å²) in [4.78, 5) is 13.7. The number of carbonyl (C=O) groups is 1. The highest BCUT2D eigenvalue weighted by Crippen LogP contribution is 2.29. The number of aromatic amines is 1. The van der Waals surface area contributed by atoms with Crippen molar-refractivity contribution in [3.05, 3.63) is 64.4 Å². The number of H-pyrrole nitrogens is 1. The third-order valence-corrected chi connectivity index (χ3v) is 4.69. The molecule has 126 valence electrons. The second-order valence-corrected chi connectivity index (χ2v) is 6.26. The van der Waals surface area contributed by atoms with Crippen LogP contribution in [0.2, 0.25) is 0 Å². The topological polar surface area (TPSA) is 87.0 Å². The highest BCUT2D eigenvalue weighted by molar-refractivity contribution is 7.71. The van der Waals surface area contributed by atoms with Gasteiger partial charge in [-0.05, 0) is 41.5 Å². The Kier molecular flexibility index (Phi) is 3.81. The zero-order valence-electron chi connectivity index (χ0n) is 13.2. The van der Waals surface area contributed by atoms with E-state index >= 15 is 0 Å². The molecule has 2 aromatic carbocycles. The lowest BCUT2D eigenvalue weighted by molar-refractivity contribution is -0.138. The van der Waals surface area contributed by atoms with Crippen LogP contribution in [0.1, 0.15) is 11.1 Å². The Bertz CT molecular complexity index is 996. The number of benzene rings is 2. The molecular weight excluding hydrogens is 338 g/mol. The summed E-state index contributed by atoms with van der Waals surface area (Å²) in [5, 5.41) is 19.9. The molecule has 7 nitrogen and oxygen atoms in total. The van der Waals surface area contributed by atoms with Crippen molar-refractivity contribution in [3.8, 4) is 5.69 Å². The van der Waals surface area contributed by atoms with Gasteiger partial charge in [-0.2, -0.15) is 5.21 Å². The number of rotatable bonds is 3. The number of fused-ring (bicyclic) bond motifs is 1. The molecule has 0 radical (unpaired) electrons. The van der Waals surface area contributed by atoms with Gasteiger partial charge in [-0.1, -0.05) is 40.6 Å². The summed E-state index contributed by atoms with van der Waals surface area (Å²) in [7, 11) is 0. The molecule has 3 aromatic rings. The van der Waals surface area contributed by atoms with Crippen molar-refractivity contribution in [2.24, 2.45) is 0 Å². The SMILES string of the molecule is O=C(O)C1Cc2ccccc2CN1c1cccc(-n2[nH]nnc2=S)c1. The summed E-state index contributed by atoms with van der Waals surface area (Å²) in [6, 6.07) is 14.9. The number of hydrogen-bond donors (Lipinski definition) is 2. The Morgan fingerprint density at radius 3 is 2.64 bits per heavy atom. The molecule has 0 bridgehead atoms. The minimum Gasteiger partial charge on any atom is -0.480 e. The number of hydrogen-bond acceptors (Lipinski definition) is 5. The first-order valence-corrected chi connectivity index (χ1v) is 8.21. The van der Waals surface area contributed by atoms with E-state index in [0.717, 1.165) is 22.5 Å². The number of nitrogens with one attached hydrogen (secondary N) is 1. The Labute approximate surface area is 148 Å².